The zero-order chi connectivity index (χ0) is 28.3. The predicted octanol–water partition coefficient (Wildman–Crippen LogP) is 7.19. The molecule has 1 aromatic heterocycles. The number of benzene rings is 3. The second kappa shape index (κ2) is 11.6. The van der Waals surface area contributed by atoms with E-state index in [-0.39, 0.29) is 29.9 Å². The van der Waals surface area contributed by atoms with Crippen LogP contribution in [0.25, 0.3) is 11.1 Å². The normalized spacial score (nSPS) is 13.2. The molecule has 0 fully saturated rings. The predicted molar refractivity (Wildman–Crippen MR) is 150 cm³/mol. The monoisotopic (exact) mass is 563 g/mol. The smallest absolute Gasteiger partial charge is 0.335 e. The maximum Gasteiger partial charge on any atom is 0.335 e. The number of amides is 1. The van der Waals surface area contributed by atoms with Crippen molar-refractivity contribution >= 4 is 29.2 Å². The number of fused-ring (bicyclic) bond motifs is 1. The molecule has 4 aromatic rings. The second-order valence-electron chi connectivity index (χ2n) is 9.95. The molecule has 0 unspecified atom stereocenters. The minimum atomic E-state index is -3.03. The summed E-state index contributed by atoms with van der Waals surface area (Å²) in [5.74, 6) is -4.18. The summed E-state index contributed by atoms with van der Waals surface area (Å²) in [5, 5.41) is 14.1. The molecule has 0 saturated carbocycles. The number of alkyl halides is 2. The number of hydrogen-bond acceptors (Lipinski definition) is 3. The van der Waals surface area contributed by atoms with Gasteiger partial charge in [0.2, 0.25) is 5.91 Å². The molecule has 6 nitrogen and oxygen atoms in total. The van der Waals surface area contributed by atoms with Crippen LogP contribution in [0.1, 0.15) is 52.7 Å². The number of anilines is 1. The number of carboxylic acids is 1. The third-order valence-electron chi connectivity index (χ3n) is 7.16. The molecule has 1 aliphatic rings. The van der Waals surface area contributed by atoms with Gasteiger partial charge in [-0.05, 0) is 66.3 Å². The molecule has 0 bridgehead atoms. The number of hydrogen-bond donors (Lipinski definition) is 1. The first-order chi connectivity index (χ1) is 19.2. The number of carbonyl (C=O) groups is 2. The van der Waals surface area contributed by atoms with Crippen LogP contribution in [0, 0.1) is 0 Å². The number of carboxylic acid groups (broad SMARTS) is 1. The van der Waals surface area contributed by atoms with Crippen LogP contribution in [0.5, 0.6) is 0 Å². The second-order valence-corrected chi connectivity index (χ2v) is 10.4. The van der Waals surface area contributed by atoms with Crippen LogP contribution in [-0.4, -0.2) is 33.3 Å². The molecule has 0 aliphatic carbocycles. The van der Waals surface area contributed by atoms with E-state index >= 15 is 0 Å². The number of carbonyl (C=O) groups excluding carboxylic acids is 1. The zero-order valence-corrected chi connectivity index (χ0v) is 22.5. The Morgan fingerprint density at radius 1 is 1.05 bits per heavy atom. The maximum atomic E-state index is 14.7. The average Bonchev–Trinajstić information content (AvgIpc) is 3.40. The molecule has 0 radical (unpaired) electrons. The van der Waals surface area contributed by atoms with Crippen LogP contribution in [0.2, 0.25) is 5.02 Å². The van der Waals surface area contributed by atoms with Crippen LogP contribution in [0.3, 0.4) is 0 Å². The fraction of sp³-hybridized carbons (Fsp3) is 0.258. The summed E-state index contributed by atoms with van der Waals surface area (Å²) in [6.07, 6.45) is 4.90. The molecule has 206 valence electrons. The minimum absolute atomic E-state index is 0.0280. The largest absolute Gasteiger partial charge is 0.478 e. The Bertz CT molecular complexity index is 1540. The number of rotatable bonds is 9. The Hall–Kier alpha value is -4.04. The maximum absolute atomic E-state index is 14.7. The third-order valence-corrected chi connectivity index (χ3v) is 7.41. The van der Waals surface area contributed by atoms with Crippen LogP contribution >= 0.6 is 11.6 Å². The summed E-state index contributed by atoms with van der Waals surface area (Å²) in [6, 6.07) is 18.1. The summed E-state index contributed by atoms with van der Waals surface area (Å²) >= 11 is 5.82. The Labute approximate surface area is 235 Å². The average molecular weight is 564 g/mol. The van der Waals surface area contributed by atoms with E-state index in [4.69, 9.17) is 11.6 Å². The molecule has 40 heavy (non-hydrogen) atoms. The van der Waals surface area contributed by atoms with Gasteiger partial charge in [-0.1, -0.05) is 48.0 Å². The van der Waals surface area contributed by atoms with Crippen LogP contribution in [0.15, 0.2) is 79.1 Å². The lowest BCUT2D eigenvalue weighted by Gasteiger charge is -2.31. The first kappa shape index (κ1) is 27.5. The van der Waals surface area contributed by atoms with Crippen molar-refractivity contribution in [2.24, 2.45) is 0 Å². The van der Waals surface area contributed by atoms with Gasteiger partial charge in [-0.2, -0.15) is 5.10 Å². The first-order valence-electron chi connectivity index (χ1n) is 13.1. The fourth-order valence-corrected chi connectivity index (χ4v) is 5.29. The van der Waals surface area contributed by atoms with Gasteiger partial charge in [0.15, 0.2) is 0 Å². The molecule has 1 aliphatic heterocycles. The van der Waals surface area contributed by atoms with Crippen molar-refractivity contribution in [2.45, 2.75) is 44.6 Å². The molecule has 1 amide bonds. The molecule has 1 N–H and O–H groups in total. The Morgan fingerprint density at radius 2 is 1.82 bits per heavy atom. The van der Waals surface area contributed by atoms with Crippen molar-refractivity contribution < 1.29 is 23.5 Å². The molecule has 3 aromatic carbocycles. The SMILES string of the molecule is O=C(O)c1cccc(Cn2cc(-c3cccc4c3CCCN4C(=O)CCCC(F)(F)c3ccc(Cl)cc3)cn2)c1. The van der Waals surface area contributed by atoms with Crippen molar-refractivity contribution in [2.75, 3.05) is 11.4 Å². The van der Waals surface area contributed by atoms with Gasteiger partial charge in [-0.25, -0.2) is 13.6 Å². The summed E-state index contributed by atoms with van der Waals surface area (Å²) in [6.45, 7) is 0.962. The van der Waals surface area contributed by atoms with Gasteiger partial charge in [0.05, 0.1) is 18.3 Å². The Morgan fingerprint density at radius 3 is 2.60 bits per heavy atom. The van der Waals surface area contributed by atoms with Gasteiger partial charge in [0, 0.05) is 47.4 Å². The number of nitrogens with zero attached hydrogens (tertiary/aromatic N) is 3. The van der Waals surface area contributed by atoms with Gasteiger partial charge in [-0.15, -0.1) is 0 Å². The molecule has 5 rings (SSSR count). The summed E-state index contributed by atoms with van der Waals surface area (Å²) < 4.78 is 31.1. The van der Waals surface area contributed by atoms with E-state index < -0.39 is 18.3 Å². The van der Waals surface area contributed by atoms with Crippen LogP contribution in [0.4, 0.5) is 14.5 Å². The van der Waals surface area contributed by atoms with Crippen molar-refractivity contribution in [3.05, 3.63) is 106 Å². The van der Waals surface area contributed by atoms with Gasteiger partial charge < -0.3 is 10.0 Å². The standard InChI is InChI=1S/C31H28ClF2N3O3/c32-25-13-11-24(12-14-25)31(33,34)15-3-10-29(38)37-16-4-8-27-26(7-2-9-28(27)37)23-18-35-36(20-23)19-21-5-1-6-22(17-21)30(39)40/h1-2,5-7,9,11-14,17-18,20H,3-4,8,10,15-16,19H2,(H,39,40). The lowest BCUT2D eigenvalue weighted by atomic mass is 9.93. The quantitative estimate of drug-likeness (QED) is 0.234. The summed E-state index contributed by atoms with van der Waals surface area (Å²) in [7, 11) is 0. The number of halogens is 3. The minimum Gasteiger partial charge on any atom is -0.478 e. The topological polar surface area (TPSA) is 75.4 Å². The lowest BCUT2D eigenvalue weighted by molar-refractivity contribution is -0.119. The van der Waals surface area contributed by atoms with Crippen molar-refractivity contribution in [3.63, 3.8) is 0 Å². The number of aromatic nitrogens is 2. The fourth-order valence-electron chi connectivity index (χ4n) is 5.17. The van der Waals surface area contributed by atoms with Crippen molar-refractivity contribution in [3.8, 4) is 11.1 Å². The molecule has 0 saturated heterocycles. The van der Waals surface area contributed by atoms with Gasteiger partial charge >= 0.3 is 5.97 Å². The highest BCUT2D eigenvalue weighted by molar-refractivity contribution is 6.30. The van der Waals surface area contributed by atoms with Gasteiger partial charge in [-0.3, -0.25) is 9.48 Å². The van der Waals surface area contributed by atoms with Crippen LogP contribution < -0.4 is 4.90 Å². The van der Waals surface area contributed by atoms with E-state index in [9.17, 15) is 23.5 Å². The van der Waals surface area contributed by atoms with Crippen molar-refractivity contribution in [1.82, 2.24) is 9.78 Å². The third kappa shape index (κ3) is 6.07. The van der Waals surface area contributed by atoms with E-state index in [1.165, 1.54) is 24.3 Å². The molecule has 9 heteroatoms. The molecule has 2 heterocycles. The van der Waals surface area contributed by atoms with Gasteiger partial charge in [0.1, 0.15) is 0 Å². The van der Waals surface area contributed by atoms with E-state index in [2.05, 4.69) is 5.10 Å². The van der Waals surface area contributed by atoms with Gasteiger partial charge in [0.25, 0.3) is 5.92 Å². The summed E-state index contributed by atoms with van der Waals surface area (Å²) in [5.41, 5.74) is 4.63. The Balaban J connectivity index is 1.28. The van der Waals surface area contributed by atoms with E-state index in [1.54, 1.807) is 34.0 Å². The van der Waals surface area contributed by atoms with Crippen molar-refractivity contribution in [1.29, 1.82) is 0 Å². The lowest BCUT2D eigenvalue weighted by Crippen LogP contribution is -2.35. The van der Waals surface area contributed by atoms with E-state index in [0.717, 1.165) is 40.8 Å². The number of aromatic carboxylic acids is 1. The molecule has 0 atom stereocenters. The van der Waals surface area contributed by atoms with E-state index in [0.29, 0.717) is 18.1 Å². The zero-order valence-electron chi connectivity index (χ0n) is 21.7. The highest BCUT2D eigenvalue weighted by atomic mass is 35.5. The molecular formula is C31H28ClF2N3O3. The highest BCUT2D eigenvalue weighted by Crippen LogP contribution is 2.37. The molecule has 0 spiro atoms. The Kier molecular flexibility index (Phi) is 7.98. The highest BCUT2D eigenvalue weighted by Gasteiger charge is 2.32. The van der Waals surface area contributed by atoms with Crippen LogP contribution in [-0.2, 0) is 23.7 Å². The molecular weight excluding hydrogens is 536 g/mol. The first-order valence-corrected chi connectivity index (χ1v) is 13.5. The summed E-state index contributed by atoms with van der Waals surface area (Å²) in [4.78, 5) is 26.2. The van der Waals surface area contributed by atoms with E-state index in [1.807, 2.05) is 30.5 Å².